The van der Waals surface area contributed by atoms with Crippen LogP contribution in [0.1, 0.15) is 9.67 Å². The molecule has 0 radical (unpaired) electrons. The van der Waals surface area contributed by atoms with Crippen molar-refractivity contribution in [2.45, 2.75) is 12.2 Å². The number of amides is 1. The van der Waals surface area contributed by atoms with Crippen LogP contribution in [0.25, 0.3) is 0 Å². The maximum Gasteiger partial charge on any atom is 0.350 e. The Morgan fingerprint density at radius 1 is 1.27 bits per heavy atom. The van der Waals surface area contributed by atoms with Gasteiger partial charge in [0, 0.05) is 11.9 Å². The minimum Gasteiger partial charge on any atom is -0.550 e. The summed E-state index contributed by atoms with van der Waals surface area (Å²) in [6, 6.07) is 1.56. The van der Waals surface area contributed by atoms with Gasteiger partial charge in [-0.1, -0.05) is 12.2 Å². The first-order valence-electron chi connectivity index (χ1n) is 6.54. The number of fused-ring (bicyclic) bond motifs is 2. The van der Waals surface area contributed by atoms with Gasteiger partial charge < -0.3 is 24.7 Å². The van der Waals surface area contributed by atoms with E-state index in [1.807, 2.05) is 0 Å². The van der Waals surface area contributed by atoms with Crippen molar-refractivity contribution in [2.24, 2.45) is 11.8 Å². The quantitative estimate of drug-likeness (QED) is 0.608. The molecule has 4 unspecified atom stereocenters. The summed E-state index contributed by atoms with van der Waals surface area (Å²) in [6.45, 7) is 0. The summed E-state index contributed by atoms with van der Waals surface area (Å²) < 4.78 is 10.0. The first-order chi connectivity index (χ1) is 10.5. The summed E-state index contributed by atoms with van der Waals surface area (Å²) in [7, 11) is 1.24. The Bertz CT molecular complexity index is 666. The number of esters is 1. The monoisotopic (exact) mass is 322 g/mol. The van der Waals surface area contributed by atoms with Gasteiger partial charge in [0.25, 0.3) is 0 Å². The van der Waals surface area contributed by atoms with Crippen molar-refractivity contribution in [3.05, 3.63) is 28.5 Å². The fourth-order valence-electron chi connectivity index (χ4n) is 2.78. The van der Waals surface area contributed by atoms with Crippen molar-refractivity contribution in [3.8, 4) is 0 Å². The molecule has 0 spiro atoms. The molecule has 3 heterocycles. The average Bonchev–Trinajstić information content (AvgIpc) is 3.20. The van der Waals surface area contributed by atoms with E-state index in [0.717, 1.165) is 11.3 Å². The second-order valence-corrected chi connectivity index (χ2v) is 5.88. The van der Waals surface area contributed by atoms with Crippen molar-refractivity contribution < 1.29 is 29.0 Å². The summed E-state index contributed by atoms with van der Waals surface area (Å²) in [5.74, 6) is -4.32. The largest absolute Gasteiger partial charge is 0.550 e. The lowest BCUT2D eigenvalue weighted by Crippen LogP contribution is -2.45. The first-order valence-corrected chi connectivity index (χ1v) is 7.42. The molecule has 116 valence electrons. The number of methoxy groups -OCH3 is 1. The minimum atomic E-state index is -1.32. The van der Waals surface area contributed by atoms with E-state index >= 15 is 0 Å². The van der Waals surface area contributed by atoms with E-state index in [-0.39, 0.29) is 4.88 Å². The van der Waals surface area contributed by atoms with Gasteiger partial charge in [0.2, 0.25) is 5.91 Å². The normalized spacial score (nSPS) is 28.6. The SMILES string of the molecule is COC(=O)c1sccc1NC(=O)C1C2C=CC(O2)C1C(=O)[O-]. The van der Waals surface area contributed by atoms with Crippen LogP contribution >= 0.6 is 11.3 Å². The van der Waals surface area contributed by atoms with Crippen LogP contribution in [0.5, 0.6) is 0 Å². The third kappa shape index (κ3) is 2.30. The predicted octanol–water partition coefficient (Wildman–Crippen LogP) is -0.207. The molecule has 1 aromatic heterocycles. The highest BCUT2D eigenvalue weighted by atomic mass is 32.1. The number of anilines is 1. The van der Waals surface area contributed by atoms with E-state index in [2.05, 4.69) is 10.1 Å². The second-order valence-electron chi connectivity index (χ2n) is 4.97. The van der Waals surface area contributed by atoms with E-state index in [9.17, 15) is 19.5 Å². The number of hydrogen-bond donors (Lipinski definition) is 1. The molecule has 1 aromatic rings. The van der Waals surface area contributed by atoms with Gasteiger partial charge in [-0.05, 0) is 11.4 Å². The molecule has 2 bridgehead atoms. The number of rotatable bonds is 4. The standard InChI is InChI=1S/C14H13NO6S/c1-20-14(19)11-6(4-5-22-11)15-12(16)9-7-2-3-8(21-7)10(9)13(17)18/h2-5,7-10H,1H3,(H,15,16)(H,17,18)/p-1. The summed E-state index contributed by atoms with van der Waals surface area (Å²) >= 11 is 1.13. The summed E-state index contributed by atoms with van der Waals surface area (Å²) in [6.07, 6.45) is 2.06. The van der Waals surface area contributed by atoms with Gasteiger partial charge in [0.15, 0.2) is 0 Å². The number of carbonyl (C=O) groups is 3. The van der Waals surface area contributed by atoms with Crippen LogP contribution in [0.3, 0.4) is 0 Å². The predicted molar refractivity (Wildman–Crippen MR) is 74.1 cm³/mol. The molecule has 1 amide bonds. The van der Waals surface area contributed by atoms with Crippen LogP contribution in [0, 0.1) is 11.8 Å². The summed E-state index contributed by atoms with van der Waals surface area (Å²) in [5.41, 5.74) is 0.297. The maximum absolute atomic E-state index is 12.4. The van der Waals surface area contributed by atoms with E-state index in [1.54, 1.807) is 23.6 Å². The Balaban J connectivity index is 1.80. The lowest BCUT2D eigenvalue weighted by Gasteiger charge is -2.24. The molecule has 2 aliphatic rings. The fraction of sp³-hybridized carbons (Fsp3) is 0.357. The second kappa shape index (κ2) is 5.54. The number of aliphatic carboxylic acids is 1. The van der Waals surface area contributed by atoms with Gasteiger partial charge >= 0.3 is 5.97 Å². The van der Waals surface area contributed by atoms with Gasteiger partial charge in [-0.2, -0.15) is 0 Å². The number of carboxylic acid groups (broad SMARTS) is 1. The topological polar surface area (TPSA) is 105 Å². The van der Waals surface area contributed by atoms with Crippen molar-refractivity contribution in [3.63, 3.8) is 0 Å². The van der Waals surface area contributed by atoms with Crippen molar-refractivity contribution in [2.75, 3.05) is 12.4 Å². The van der Waals surface area contributed by atoms with Gasteiger partial charge in [-0.3, -0.25) is 4.79 Å². The summed E-state index contributed by atoms with van der Waals surface area (Å²) in [5, 5.41) is 15.5. The van der Waals surface area contributed by atoms with Gasteiger partial charge in [0.1, 0.15) is 4.88 Å². The molecule has 0 aliphatic carbocycles. The first kappa shape index (κ1) is 14.7. The maximum atomic E-state index is 12.4. The molecule has 22 heavy (non-hydrogen) atoms. The number of carboxylic acids is 1. The molecule has 7 nitrogen and oxygen atoms in total. The molecule has 3 rings (SSSR count). The van der Waals surface area contributed by atoms with Crippen LogP contribution in [0.15, 0.2) is 23.6 Å². The molecule has 1 fully saturated rings. The zero-order valence-electron chi connectivity index (χ0n) is 11.5. The zero-order valence-corrected chi connectivity index (χ0v) is 12.3. The number of ether oxygens (including phenoxy) is 2. The van der Waals surface area contributed by atoms with E-state index < -0.39 is 41.9 Å². The van der Waals surface area contributed by atoms with Gasteiger partial charge in [0.05, 0.1) is 30.9 Å². The third-order valence-corrected chi connectivity index (χ3v) is 4.66. The Hall–Kier alpha value is -2.19. The molecule has 1 saturated heterocycles. The lowest BCUT2D eigenvalue weighted by molar-refractivity contribution is -0.313. The minimum absolute atomic E-state index is 0.250. The van der Waals surface area contributed by atoms with Crippen LogP contribution in [-0.4, -0.2) is 37.2 Å². The van der Waals surface area contributed by atoms with Crippen LogP contribution in [0.2, 0.25) is 0 Å². The average molecular weight is 322 g/mol. The van der Waals surface area contributed by atoms with Gasteiger partial charge in [-0.25, -0.2) is 4.79 Å². The van der Waals surface area contributed by atoms with Crippen molar-refractivity contribution >= 4 is 34.9 Å². The Morgan fingerprint density at radius 3 is 2.59 bits per heavy atom. The lowest BCUT2D eigenvalue weighted by atomic mass is 9.82. The van der Waals surface area contributed by atoms with Crippen molar-refractivity contribution in [1.29, 1.82) is 0 Å². The number of carbonyl (C=O) groups excluding carboxylic acids is 3. The molecule has 2 aliphatic heterocycles. The number of nitrogens with one attached hydrogen (secondary N) is 1. The Kier molecular flexibility index (Phi) is 3.71. The molecule has 1 N–H and O–H groups in total. The third-order valence-electron chi connectivity index (χ3n) is 3.77. The van der Waals surface area contributed by atoms with Crippen LogP contribution in [0.4, 0.5) is 5.69 Å². The molecular formula is C14H12NO6S-. The molecule has 0 saturated carbocycles. The van der Waals surface area contributed by atoms with Crippen molar-refractivity contribution in [1.82, 2.24) is 0 Å². The Morgan fingerprint density at radius 2 is 1.95 bits per heavy atom. The number of hydrogen-bond acceptors (Lipinski definition) is 7. The van der Waals surface area contributed by atoms with E-state index in [1.165, 1.54) is 7.11 Å². The highest BCUT2D eigenvalue weighted by Crippen LogP contribution is 2.39. The Labute approximate surface area is 129 Å². The molecule has 0 aromatic carbocycles. The smallest absolute Gasteiger partial charge is 0.350 e. The highest BCUT2D eigenvalue weighted by Gasteiger charge is 2.50. The molecule has 8 heteroatoms. The number of thiophene rings is 1. The van der Waals surface area contributed by atoms with Crippen LogP contribution in [-0.2, 0) is 19.1 Å². The van der Waals surface area contributed by atoms with Gasteiger partial charge in [-0.15, -0.1) is 11.3 Å². The fourth-order valence-corrected chi connectivity index (χ4v) is 3.54. The zero-order chi connectivity index (χ0) is 15.9. The molecular weight excluding hydrogens is 310 g/mol. The van der Waals surface area contributed by atoms with Crippen LogP contribution < -0.4 is 10.4 Å². The van der Waals surface area contributed by atoms with E-state index in [0.29, 0.717) is 5.69 Å². The summed E-state index contributed by atoms with van der Waals surface area (Å²) in [4.78, 5) is 35.5. The highest BCUT2D eigenvalue weighted by molar-refractivity contribution is 7.12. The van der Waals surface area contributed by atoms with E-state index in [4.69, 9.17) is 4.74 Å². The molecule has 4 atom stereocenters.